The van der Waals surface area contributed by atoms with Crippen molar-refractivity contribution in [3.8, 4) is 0 Å². The summed E-state index contributed by atoms with van der Waals surface area (Å²) in [4.78, 5) is 0. The maximum atomic E-state index is 5.48. The van der Waals surface area contributed by atoms with Gasteiger partial charge in [0, 0.05) is 12.3 Å². The molecule has 0 radical (unpaired) electrons. The van der Waals surface area contributed by atoms with E-state index in [4.69, 9.17) is 5.73 Å². The first-order valence-electron chi connectivity index (χ1n) is 14.9. The molecule has 0 unspecified atom stereocenters. The van der Waals surface area contributed by atoms with Crippen molar-refractivity contribution in [3.63, 3.8) is 0 Å². The summed E-state index contributed by atoms with van der Waals surface area (Å²) < 4.78 is 3.52. The molecule has 200 valence electrons. The van der Waals surface area contributed by atoms with Gasteiger partial charge >= 0.3 is 0 Å². The summed E-state index contributed by atoms with van der Waals surface area (Å²) >= 11 is 1.93. The van der Waals surface area contributed by atoms with Crippen molar-refractivity contribution in [2.45, 2.75) is 135 Å². The average molecular weight is 487 g/mol. The van der Waals surface area contributed by atoms with Gasteiger partial charge < -0.3 is 16.4 Å². The second kappa shape index (κ2) is 32.2. The number of rotatable bonds is 30. The number of hydrogen-bond donors (Lipinski definition) is 4. The van der Waals surface area contributed by atoms with Gasteiger partial charge in [0.15, 0.2) is 0 Å². The van der Waals surface area contributed by atoms with Crippen LogP contribution in [0.3, 0.4) is 0 Å². The van der Waals surface area contributed by atoms with E-state index < -0.39 is 0 Å². The Morgan fingerprint density at radius 1 is 0.455 bits per heavy atom. The van der Waals surface area contributed by atoms with E-state index in [1.165, 1.54) is 128 Å². The Morgan fingerprint density at radius 3 is 1.36 bits per heavy atom. The van der Waals surface area contributed by atoms with Gasteiger partial charge in [0.05, 0.1) is 0 Å². The Bertz CT molecular complexity index is 301. The Labute approximate surface area is 213 Å². The molecule has 0 aliphatic heterocycles. The molecule has 0 amide bonds. The van der Waals surface area contributed by atoms with Gasteiger partial charge in [-0.3, -0.25) is 4.72 Å². The SMILES string of the molecule is CCCCCCCCCCCCCCCCCCSNCCCNCCCCNCCCN. The van der Waals surface area contributed by atoms with Crippen molar-refractivity contribution in [1.29, 1.82) is 0 Å². The van der Waals surface area contributed by atoms with Gasteiger partial charge in [-0.1, -0.05) is 115 Å². The van der Waals surface area contributed by atoms with E-state index in [2.05, 4.69) is 22.3 Å². The van der Waals surface area contributed by atoms with E-state index in [0.717, 1.165) is 45.7 Å². The van der Waals surface area contributed by atoms with Crippen LogP contribution in [0.5, 0.6) is 0 Å². The number of nitrogens with two attached hydrogens (primary N) is 1. The molecule has 0 aromatic carbocycles. The van der Waals surface area contributed by atoms with Crippen LogP contribution in [0, 0.1) is 0 Å². The van der Waals surface area contributed by atoms with E-state index in [1.54, 1.807) is 0 Å². The van der Waals surface area contributed by atoms with Crippen molar-refractivity contribution >= 4 is 11.9 Å². The monoisotopic (exact) mass is 486 g/mol. The molecule has 0 bridgehead atoms. The lowest BCUT2D eigenvalue weighted by molar-refractivity contribution is 0.531. The largest absolute Gasteiger partial charge is 0.330 e. The smallest absolute Gasteiger partial charge is 0.00786 e. The molecule has 0 atom stereocenters. The molecular formula is C28H62N4S. The fourth-order valence-electron chi connectivity index (χ4n) is 4.13. The standard InChI is InChI=1S/C28H62N4S/c1-2-3-4-5-6-7-8-9-10-11-12-13-14-15-16-19-28-33-32-27-21-26-31-24-18-17-23-30-25-20-22-29/h30-32H,2-29H2,1H3. The maximum Gasteiger partial charge on any atom is 0.00786 e. The van der Waals surface area contributed by atoms with Crippen LogP contribution in [-0.4, -0.2) is 45.0 Å². The molecule has 5 heteroatoms. The van der Waals surface area contributed by atoms with Crippen molar-refractivity contribution < 1.29 is 0 Å². The van der Waals surface area contributed by atoms with E-state index in [1.807, 2.05) is 11.9 Å². The lowest BCUT2D eigenvalue weighted by Gasteiger charge is -2.07. The summed E-state index contributed by atoms with van der Waals surface area (Å²) in [5.74, 6) is 1.27. The van der Waals surface area contributed by atoms with Crippen LogP contribution in [0.1, 0.15) is 135 Å². The van der Waals surface area contributed by atoms with E-state index in [0.29, 0.717) is 0 Å². The molecule has 0 aromatic heterocycles. The van der Waals surface area contributed by atoms with E-state index in [9.17, 15) is 0 Å². The highest BCUT2D eigenvalue weighted by Crippen LogP contribution is 2.14. The first-order valence-corrected chi connectivity index (χ1v) is 15.9. The molecule has 0 aromatic rings. The van der Waals surface area contributed by atoms with Gasteiger partial charge in [-0.25, -0.2) is 0 Å². The van der Waals surface area contributed by atoms with Crippen molar-refractivity contribution in [2.75, 3.05) is 45.0 Å². The van der Waals surface area contributed by atoms with Gasteiger partial charge in [-0.2, -0.15) is 0 Å². The van der Waals surface area contributed by atoms with Crippen LogP contribution in [-0.2, 0) is 0 Å². The first kappa shape index (κ1) is 33.2. The second-order valence-corrected chi connectivity index (χ2v) is 10.7. The van der Waals surface area contributed by atoms with Crippen LogP contribution >= 0.6 is 11.9 Å². The Morgan fingerprint density at radius 2 is 0.879 bits per heavy atom. The predicted molar refractivity (Wildman–Crippen MR) is 153 cm³/mol. The predicted octanol–water partition coefficient (Wildman–Crippen LogP) is 7.18. The normalized spacial score (nSPS) is 11.5. The van der Waals surface area contributed by atoms with Gasteiger partial charge in [0.1, 0.15) is 0 Å². The number of hydrogen-bond acceptors (Lipinski definition) is 5. The first-order chi connectivity index (χ1) is 16.4. The fourth-order valence-corrected chi connectivity index (χ4v) is 4.91. The molecule has 33 heavy (non-hydrogen) atoms. The molecule has 0 heterocycles. The molecule has 0 aliphatic rings. The lowest BCUT2D eigenvalue weighted by Crippen LogP contribution is -2.22. The maximum absolute atomic E-state index is 5.48. The molecular weight excluding hydrogens is 424 g/mol. The molecule has 0 aliphatic carbocycles. The summed E-state index contributed by atoms with van der Waals surface area (Å²) in [5.41, 5.74) is 5.48. The van der Waals surface area contributed by atoms with Crippen molar-refractivity contribution in [1.82, 2.24) is 15.4 Å². The van der Waals surface area contributed by atoms with Crippen LogP contribution < -0.4 is 21.1 Å². The highest BCUT2D eigenvalue weighted by atomic mass is 32.2. The fraction of sp³-hybridized carbons (Fsp3) is 1.00. The van der Waals surface area contributed by atoms with Crippen LogP contribution in [0.4, 0.5) is 0 Å². The summed E-state index contributed by atoms with van der Waals surface area (Å²) in [5, 5.41) is 6.98. The van der Waals surface area contributed by atoms with E-state index >= 15 is 0 Å². The third-order valence-corrected chi connectivity index (χ3v) is 7.25. The minimum Gasteiger partial charge on any atom is -0.330 e. The Hall–Kier alpha value is 0.190. The zero-order valence-electron chi connectivity index (χ0n) is 22.6. The summed E-state index contributed by atoms with van der Waals surface area (Å²) in [6, 6.07) is 0. The minimum absolute atomic E-state index is 0.792. The lowest BCUT2D eigenvalue weighted by atomic mass is 10.0. The highest BCUT2D eigenvalue weighted by molar-refractivity contribution is 7.97. The van der Waals surface area contributed by atoms with E-state index in [-0.39, 0.29) is 0 Å². The number of unbranched alkanes of at least 4 members (excludes halogenated alkanes) is 16. The zero-order chi connectivity index (χ0) is 23.9. The third kappa shape index (κ3) is 32.2. The van der Waals surface area contributed by atoms with Crippen LogP contribution in [0.25, 0.3) is 0 Å². The molecule has 0 saturated carbocycles. The topological polar surface area (TPSA) is 62.1 Å². The minimum atomic E-state index is 0.792. The summed E-state index contributed by atoms with van der Waals surface area (Å²) in [7, 11) is 0. The molecule has 0 spiro atoms. The quantitative estimate of drug-likeness (QED) is 0.0639. The molecule has 0 fully saturated rings. The zero-order valence-corrected chi connectivity index (χ0v) is 23.4. The van der Waals surface area contributed by atoms with Crippen LogP contribution in [0.15, 0.2) is 0 Å². The average Bonchev–Trinajstić information content (AvgIpc) is 2.83. The third-order valence-electron chi connectivity index (χ3n) is 6.35. The second-order valence-electron chi connectivity index (χ2n) is 9.75. The van der Waals surface area contributed by atoms with Crippen LogP contribution in [0.2, 0.25) is 0 Å². The molecule has 5 N–H and O–H groups in total. The van der Waals surface area contributed by atoms with Gasteiger partial charge in [0.25, 0.3) is 0 Å². The Kier molecular flexibility index (Phi) is 32.4. The molecule has 4 nitrogen and oxygen atoms in total. The van der Waals surface area contributed by atoms with Crippen molar-refractivity contribution in [3.05, 3.63) is 0 Å². The Balaban J connectivity index is 2.99. The van der Waals surface area contributed by atoms with Gasteiger partial charge in [-0.05, 0) is 64.8 Å². The molecule has 0 rings (SSSR count). The summed E-state index contributed by atoms with van der Waals surface area (Å²) in [6.45, 7) is 8.68. The highest BCUT2D eigenvalue weighted by Gasteiger charge is 1.96. The van der Waals surface area contributed by atoms with Gasteiger partial charge in [0.2, 0.25) is 0 Å². The summed E-state index contributed by atoms with van der Waals surface area (Å²) in [6.07, 6.45) is 28.0. The van der Waals surface area contributed by atoms with Gasteiger partial charge in [-0.15, -0.1) is 0 Å². The number of nitrogens with one attached hydrogen (secondary N) is 3. The van der Waals surface area contributed by atoms with Crippen molar-refractivity contribution in [2.24, 2.45) is 5.73 Å². The molecule has 0 saturated heterocycles.